The molecule has 32 heavy (non-hydrogen) atoms. The van der Waals surface area contributed by atoms with E-state index >= 15 is 0 Å². The number of halogens is 1. The second-order valence-electron chi connectivity index (χ2n) is 6.98. The van der Waals surface area contributed by atoms with Gasteiger partial charge in [0.1, 0.15) is 6.61 Å². The number of hydrogen-bond donors (Lipinski definition) is 0. The molecule has 1 aliphatic heterocycles. The first-order valence-corrected chi connectivity index (χ1v) is 10.9. The lowest BCUT2D eigenvalue weighted by Gasteiger charge is -2.14. The zero-order valence-electron chi connectivity index (χ0n) is 17.1. The third-order valence-corrected chi connectivity index (χ3v) is 6.06. The van der Waals surface area contributed by atoms with Crippen molar-refractivity contribution in [3.63, 3.8) is 0 Å². The number of carbonyl (C=O) groups excluding carboxylic acids is 2. The van der Waals surface area contributed by atoms with Crippen LogP contribution in [-0.4, -0.2) is 29.7 Å². The zero-order valence-corrected chi connectivity index (χ0v) is 18.7. The highest BCUT2D eigenvalue weighted by Crippen LogP contribution is 2.39. The predicted molar refractivity (Wildman–Crippen MR) is 128 cm³/mol. The van der Waals surface area contributed by atoms with Crippen LogP contribution < -0.4 is 9.47 Å². The average Bonchev–Trinajstić information content (AvgIpc) is 3.05. The van der Waals surface area contributed by atoms with Crippen LogP contribution in [0.15, 0.2) is 59.5 Å². The highest BCUT2D eigenvalue weighted by atomic mass is 35.5. The van der Waals surface area contributed by atoms with E-state index < -0.39 is 11.1 Å². The summed E-state index contributed by atoms with van der Waals surface area (Å²) < 4.78 is 11.4. The van der Waals surface area contributed by atoms with Crippen molar-refractivity contribution in [1.82, 2.24) is 4.90 Å². The Bertz CT molecular complexity index is 1290. The van der Waals surface area contributed by atoms with Crippen LogP contribution in [0, 0.1) is 12.3 Å². The number of imide groups is 1. The molecule has 1 heterocycles. The summed E-state index contributed by atoms with van der Waals surface area (Å²) in [5.41, 5.74) is 1.60. The highest BCUT2D eigenvalue weighted by molar-refractivity contribution is 8.18. The first-order valence-electron chi connectivity index (χ1n) is 9.67. The van der Waals surface area contributed by atoms with Crippen molar-refractivity contribution in [2.24, 2.45) is 0 Å². The Morgan fingerprint density at radius 2 is 1.91 bits per heavy atom. The van der Waals surface area contributed by atoms with Crippen LogP contribution in [0.4, 0.5) is 4.79 Å². The molecule has 1 saturated heterocycles. The van der Waals surface area contributed by atoms with E-state index in [1.54, 1.807) is 18.2 Å². The molecule has 0 aliphatic carbocycles. The Kier molecular flexibility index (Phi) is 6.40. The van der Waals surface area contributed by atoms with E-state index in [1.807, 2.05) is 30.3 Å². The number of fused-ring (bicyclic) bond motifs is 1. The number of benzene rings is 3. The highest BCUT2D eigenvalue weighted by Gasteiger charge is 2.34. The molecule has 0 aromatic heterocycles. The lowest BCUT2D eigenvalue weighted by Crippen LogP contribution is -2.28. The van der Waals surface area contributed by atoms with Gasteiger partial charge in [0.2, 0.25) is 0 Å². The molecular weight excluding hydrogens is 446 g/mol. The lowest BCUT2D eigenvalue weighted by molar-refractivity contribution is -0.122. The molecule has 0 radical (unpaired) electrons. The molecule has 1 fully saturated rings. The number of ether oxygens (including phenoxy) is 2. The third kappa shape index (κ3) is 4.45. The minimum atomic E-state index is -0.426. The SMILES string of the molecule is C#CCN1C(=O)S/C(=C\c2cc(Cl)c(OCc3ccc4ccccc4c3)c(OC)c2)C1=O. The number of nitrogens with zero attached hydrogens (tertiary/aromatic N) is 1. The third-order valence-electron chi connectivity index (χ3n) is 4.87. The fraction of sp³-hybridized carbons (Fsp3) is 0.120. The minimum Gasteiger partial charge on any atom is -0.493 e. The summed E-state index contributed by atoms with van der Waals surface area (Å²) in [5.74, 6) is 2.71. The topological polar surface area (TPSA) is 55.8 Å². The van der Waals surface area contributed by atoms with E-state index in [9.17, 15) is 9.59 Å². The quantitative estimate of drug-likeness (QED) is 0.344. The van der Waals surface area contributed by atoms with Gasteiger partial charge in [0, 0.05) is 0 Å². The summed E-state index contributed by atoms with van der Waals surface area (Å²) >= 11 is 7.31. The van der Waals surface area contributed by atoms with Gasteiger partial charge in [-0.3, -0.25) is 14.5 Å². The van der Waals surface area contributed by atoms with Gasteiger partial charge in [-0.2, -0.15) is 0 Å². The molecule has 0 spiro atoms. The summed E-state index contributed by atoms with van der Waals surface area (Å²) in [7, 11) is 1.51. The van der Waals surface area contributed by atoms with Crippen molar-refractivity contribution in [3.8, 4) is 23.8 Å². The number of terminal acetylenes is 1. The molecule has 0 N–H and O–H groups in total. The Labute approximate surface area is 194 Å². The maximum absolute atomic E-state index is 12.4. The molecule has 2 amide bonds. The van der Waals surface area contributed by atoms with Gasteiger partial charge in [0.15, 0.2) is 11.5 Å². The normalized spacial score (nSPS) is 14.8. The van der Waals surface area contributed by atoms with Gasteiger partial charge in [0.25, 0.3) is 11.1 Å². The minimum absolute atomic E-state index is 0.0619. The molecule has 4 rings (SSSR count). The number of hydrogen-bond acceptors (Lipinski definition) is 5. The van der Waals surface area contributed by atoms with E-state index in [4.69, 9.17) is 27.5 Å². The summed E-state index contributed by atoms with van der Waals surface area (Å²) in [6.07, 6.45) is 6.82. The monoisotopic (exact) mass is 463 g/mol. The molecule has 7 heteroatoms. The van der Waals surface area contributed by atoms with Gasteiger partial charge in [-0.1, -0.05) is 53.9 Å². The molecule has 160 valence electrons. The van der Waals surface area contributed by atoms with Crippen LogP contribution in [0.3, 0.4) is 0 Å². The number of carbonyl (C=O) groups is 2. The van der Waals surface area contributed by atoms with Crippen LogP contribution in [0.2, 0.25) is 5.02 Å². The second kappa shape index (κ2) is 9.39. The lowest BCUT2D eigenvalue weighted by atomic mass is 10.1. The summed E-state index contributed by atoms with van der Waals surface area (Å²) in [6, 6.07) is 17.6. The van der Waals surface area contributed by atoms with E-state index in [1.165, 1.54) is 7.11 Å². The summed E-state index contributed by atoms with van der Waals surface area (Å²) in [6.45, 7) is 0.249. The first-order chi connectivity index (χ1) is 15.5. The smallest absolute Gasteiger partial charge is 0.294 e. The van der Waals surface area contributed by atoms with E-state index in [-0.39, 0.29) is 11.4 Å². The number of amides is 2. The van der Waals surface area contributed by atoms with E-state index in [2.05, 4.69) is 18.1 Å². The molecule has 1 aliphatic rings. The van der Waals surface area contributed by atoms with Crippen molar-refractivity contribution in [1.29, 1.82) is 0 Å². The molecule has 5 nitrogen and oxygen atoms in total. The van der Waals surface area contributed by atoms with Crippen LogP contribution in [0.1, 0.15) is 11.1 Å². The Morgan fingerprint density at radius 1 is 1.12 bits per heavy atom. The van der Waals surface area contributed by atoms with E-state index in [0.717, 1.165) is 33.0 Å². The van der Waals surface area contributed by atoms with Gasteiger partial charge in [-0.15, -0.1) is 6.42 Å². The average molecular weight is 464 g/mol. The predicted octanol–water partition coefficient (Wildman–Crippen LogP) is 5.75. The van der Waals surface area contributed by atoms with Crippen molar-refractivity contribution in [3.05, 3.63) is 75.7 Å². The van der Waals surface area contributed by atoms with Gasteiger partial charge < -0.3 is 9.47 Å². The van der Waals surface area contributed by atoms with Gasteiger partial charge in [-0.25, -0.2) is 0 Å². The molecule has 3 aromatic rings. The van der Waals surface area contributed by atoms with E-state index in [0.29, 0.717) is 28.7 Å². The van der Waals surface area contributed by atoms with Crippen LogP contribution in [0.5, 0.6) is 11.5 Å². The summed E-state index contributed by atoms with van der Waals surface area (Å²) in [4.78, 5) is 25.7. The maximum Gasteiger partial charge on any atom is 0.294 e. The summed E-state index contributed by atoms with van der Waals surface area (Å²) in [5, 5.41) is 2.22. The molecule has 0 bridgehead atoms. The molecule has 0 atom stereocenters. The second-order valence-corrected chi connectivity index (χ2v) is 8.38. The fourth-order valence-corrected chi connectivity index (χ4v) is 4.44. The number of methoxy groups -OCH3 is 1. The van der Waals surface area contributed by atoms with Crippen molar-refractivity contribution in [2.75, 3.05) is 13.7 Å². The van der Waals surface area contributed by atoms with Crippen molar-refractivity contribution >= 4 is 51.4 Å². The van der Waals surface area contributed by atoms with Crippen LogP contribution >= 0.6 is 23.4 Å². The standard InChI is InChI=1S/C25H18ClNO4S/c1-3-10-27-24(28)22(32-25(27)29)14-17-12-20(26)23(21(13-17)30-2)31-15-16-8-9-18-6-4-5-7-19(18)11-16/h1,4-9,11-14H,10,15H2,2H3/b22-14-. The molecule has 3 aromatic carbocycles. The number of thioether (sulfide) groups is 1. The van der Waals surface area contributed by atoms with Crippen molar-refractivity contribution in [2.45, 2.75) is 6.61 Å². The van der Waals surface area contributed by atoms with Gasteiger partial charge in [0.05, 0.1) is 23.6 Å². The van der Waals surface area contributed by atoms with Crippen LogP contribution in [0.25, 0.3) is 16.8 Å². The molecular formula is C25H18ClNO4S. The fourth-order valence-electron chi connectivity index (χ4n) is 3.33. The first kappa shape index (κ1) is 21.8. The number of rotatable bonds is 6. The molecule has 0 unspecified atom stereocenters. The van der Waals surface area contributed by atoms with Crippen LogP contribution in [-0.2, 0) is 11.4 Å². The largest absolute Gasteiger partial charge is 0.493 e. The zero-order chi connectivity index (χ0) is 22.7. The van der Waals surface area contributed by atoms with Gasteiger partial charge >= 0.3 is 0 Å². The Balaban J connectivity index is 1.56. The Morgan fingerprint density at radius 3 is 2.66 bits per heavy atom. The van der Waals surface area contributed by atoms with Gasteiger partial charge in [-0.05, 0) is 57.9 Å². The molecule has 0 saturated carbocycles. The van der Waals surface area contributed by atoms with Crippen molar-refractivity contribution < 1.29 is 19.1 Å². The Hall–Kier alpha value is -3.40. The maximum atomic E-state index is 12.4.